The van der Waals surface area contributed by atoms with Crippen LogP contribution in [-0.2, 0) is 0 Å². The molecule has 0 nitrogen and oxygen atoms in total. The van der Waals surface area contributed by atoms with Crippen LogP contribution in [0.15, 0.2) is 6.07 Å². The fourth-order valence-corrected chi connectivity index (χ4v) is 4.87. The van der Waals surface area contributed by atoms with Crippen LogP contribution in [0.1, 0.15) is 62.3 Å². The van der Waals surface area contributed by atoms with E-state index in [-0.39, 0.29) is 5.38 Å². The fourth-order valence-electron chi connectivity index (χ4n) is 3.13. The molecule has 1 atom stereocenters. The molecule has 0 spiro atoms. The average Bonchev–Trinajstić information content (AvgIpc) is 2.68. The molecule has 0 aromatic carbocycles. The summed E-state index contributed by atoms with van der Waals surface area (Å²) < 4.78 is 0.893. The normalized spacial score (nSPS) is 26.4. The number of rotatable bonds is 2. The number of hydrogen-bond acceptors (Lipinski definition) is 1. The Labute approximate surface area is 131 Å². The molecule has 19 heavy (non-hydrogen) atoms. The van der Waals surface area contributed by atoms with E-state index >= 15 is 0 Å². The monoisotopic (exact) mass is 318 g/mol. The molecule has 3 heteroatoms. The van der Waals surface area contributed by atoms with Crippen LogP contribution in [0.4, 0.5) is 0 Å². The minimum absolute atomic E-state index is 0.150. The van der Waals surface area contributed by atoms with E-state index in [4.69, 9.17) is 23.2 Å². The molecule has 2 rings (SSSR count). The van der Waals surface area contributed by atoms with Gasteiger partial charge in [-0.15, -0.1) is 22.9 Å². The molecule has 1 heterocycles. The molecule has 1 aliphatic rings. The Kier molecular flexibility index (Phi) is 4.91. The van der Waals surface area contributed by atoms with Crippen LogP contribution in [0.5, 0.6) is 0 Å². The number of alkyl halides is 1. The lowest BCUT2D eigenvalue weighted by atomic mass is 9.69. The number of aryl methyl sites for hydroxylation is 1. The molecule has 1 aromatic rings. The Morgan fingerprint density at radius 1 is 1.21 bits per heavy atom. The van der Waals surface area contributed by atoms with Gasteiger partial charge in [0, 0.05) is 4.88 Å². The van der Waals surface area contributed by atoms with Crippen LogP contribution in [0.25, 0.3) is 0 Å². The van der Waals surface area contributed by atoms with Crippen molar-refractivity contribution in [3.05, 3.63) is 20.8 Å². The van der Waals surface area contributed by atoms with E-state index in [9.17, 15) is 0 Å². The van der Waals surface area contributed by atoms with Gasteiger partial charge in [-0.05, 0) is 61.5 Å². The molecule has 1 saturated carbocycles. The molecule has 1 aromatic heterocycles. The summed E-state index contributed by atoms with van der Waals surface area (Å²) in [6.07, 6.45) is 5.14. The van der Waals surface area contributed by atoms with Crippen LogP contribution in [-0.4, -0.2) is 0 Å². The molecule has 0 radical (unpaired) electrons. The molecule has 1 aliphatic carbocycles. The van der Waals surface area contributed by atoms with Gasteiger partial charge in [0.05, 0.1) is 9.71 Å². The maximum absolute atomic E-state index is 6.68. The third kappa shape index (κ3) is 3.68. The van der Waals surface area contributed by atoms with Gasteiger partial charge in [0.15, 0.2) is 0 Å². The highest BCUT2D eigenvalue weighted by Crippen LogP contribution is 2.47. The molecule has 1 unspecified atom stereocenters. The zero-order chi connectivity index (χ0) is 14.2. The van der Waals surface area contributed by atoms with Crippen molar-refractivity contribution >= 4 is 34.5 Å². The number of halogens is 2. The Hall–Kier alpha value is 0.280. The maximum Gasteiger partial charge on any atom is 0.0960 e. The van der Waals surface area contributed by atoms with Gasteiger partial charge in [-0.3, -0.25) is 0 Å². The second-order valence-electron chi connectivity index (χ2n) is 6.98. The largest absolute Gasteiger partial charge is 0.127 e. The smallest absolute Gasteiger partial charge is 0.0960 e. The molecule has 108 valence electrons. The van der Waals surface area contributed by atoms with Crippen LogP contribution in [0.3, 0.4) is 0 Å². The number of thiophene rings is 1. The van der Waals surface area contributed by atoms with E-state index in [1.165, 1.54) is 30.6 Å². The molecule has 0 N–H and O–H groups in total. The predicted octanol–water partition coefficient (Wildman–Crippen LogP) is 6.84. The van der Waals surface area contributed by atoms with Crippen LogP contribution >= 0.6 is 34.5 Å². The van der Waals surface area contributed by atoms with Crippen molar-refractivity contribution in [3.63, 3.8) is 0 Å². The lowest BCUT2D eigenvalue weighted by molar-refractivity contribution is 0.148. The van der Waals surface area contributed by atoms with Gasteiger partial charge in [0.2, 0.25) is 0 Å². The molecule has 0 aliphatic heterocycles. The van der Waals surface area contributed by atoms with E-state index in [1.807, 2.05) is 0 Å². The quantitative estimate of drug-likeness (QED) is 0.523. The van der Waals surface area contributed by atoms with Gasteiger partial charge in [-0.1, -0.05) is 32.4 Å². The first-order valence-corrected chi connectivity index (χ1v) is 8.82. The highest BCUT2D eigenvalue weighted by Gasteiger charge is 2.33. The van der Waals surface area contributed by atoms with Gasteiger partial charge < -0.3 is 0 Å². The van der Waals surface area contributed by atoms with Gasteiger partial charge in [0.25, 0.3) is 0 Å². The Balaban J connectivity index is 1.98. The molecular formula is C16H24Cl2S. The maximum atomic E-state index is 6.68. The van der Waals surface area contributed by atoms with Crippen LogP contribution in [0.2, 0.25) is 4.34 Å². The van der Waals surface area contributed by atoms with Crippen LogP contribution < -0.4 is 0 Å². The van der Waals surface area contributed by atoms with Crippen molar-refractivity contribution in [3.8, 4) is 0 Å². The standard InChI is InChI=1S/C16H24Cl2S/c1-10-9-13(19-15(10)18)14(17)11-5-7-12(8-6-11)16(2,3)4/h9,11-12,14H,5-8H2,1-4H3. The van der Waals surface area contributed by atoms with Crippen molar-refractivity contribution in [2.45, 2.75) is 58.8 Å². The second kappa shape index (κ2) is 5.95. The summed E-state index contributed by atoms with van der Waals surface area (Å²) in [5.74, 6) is 1.47. The Morgan fingerprint density at radius 3 is 2.21 bits per heavy atom. The summed E-state index contributed by atoms with van der Waals surface area (Å²) in [5.41, 5.74) is 1.60. The highest BCUT2D eigenvalue weighted by molar-refractivity contribution is 7.16. The van der Waals surface area contributed by atoms with Crippen molar-refractivity contribution in [2.75, 3.05) is 0 Å². The van der Waals surface area contributed by atoms with Crippen molar-refractivity contribution in [2.24, 2.45) is 17.3 Å². The van der Waals surface area contributed by atoms with Crippen molar-refractivity contribution in [1.82, 2.24) is 0 Å². The van der Waals surface area contributed by atoms with E-state index in [1.54, 1.807) is 11.3 Å². The summed E-state index contributed by atoms with van der Waals surface area (Å²) in [6, 6.07) is 2.17. The molecule has 0 saturated heterocycles. The summed E-state index contributed by atoms with van der Waals surface area (Å²) in [6.45, 7) is 9.14. The lowest BCUT2D eigenvalue weighted by Crippen LogP contribution is -2.27. The third-order valence-electron chi connectivity index (χ3n) is 4.56. The Bertz CT molecular complexity index is 403. The lowest BCUT2D eigenvalue weighted by Gasteiger charge is -2.38. The zero-order valence-corrected chi connectivity index (χ0v) is 14.6. The first-order chi connectivity index (χ1) is 8.79. The fraction of sp³-hybridized carbons (Fsp3) is 0.750. The molecule has 0 amide bonds. The molecular weight excluding hydrogens is 295 g/mol. The average molecular weight is 319 g/mol. The summed E-state index contributed by atoms with van der Waals surface area (Å²) in [7, 11) is 0. The first-order valence-electron chi connectivity index (χ1n) is 7.19. The van der Waals surface area contributed by atoms with E-state index in [0.29, 0.717) is 11.3 Å². The topological polar surface area (TPSA) is 0 Å². The molecule has 1 fully saturated rings. The van der Waals surface area contributed by atoms with E-state index in [2.05, 4.69) is 33.8 Å². The van der Waals surface area contributed by atoms with E-state index < -0.39 is 0 Å². The first kappa shape index (κ1) is 15.7. The van der Waals surface area contributed by atoms with Gasteiger partial charge in [-0.2, -0.15) is 0 Å². The number of hydrogen-bond donors (Lipinski definition) is 0. The van der Waals surface area contributed by atoms with Crippen LogP contribution in [0, 0.1) is 24.2 Å². The van der Waals surface area contributed by atoms with Gasteiger partial charge in [0.1, 0.15) is 0 Å². The third-order valence-corrected chi connectivity index (χ3v) is 6.92. The summed E-state index contributed by atoms with van der Waals surface area (Å²) >= 11 is 14.5. The van der Waals surface area contributed by atoms with Crippen molar-refractivity contribution in [1.29, 1.82) is 0 Å². The zero-order valence-electron chi connectivity index (χ0n) is 12.3. The minimum Gasteiger partial charge on any atom is -0.127 e. The second-order valence-corrected chi connectivity index (χ2v) is 9.14. The van der Waals surface area contributed by atoms with Gasteiger partial charge in [-0.25, -0.2) is 0 Å². The summed E-state index contributed by atoms with van der Waals surface area (Å²) in [4.78, 5) is 1.25. The highest BCUT2D eigenvalue weighted by atomic mass is 35.5. The minimum atomic E-state index is 0.150. The Morgan fingerprint density at radius 2 is 1.79 bits per heavy atom. The van der Waals surface area contributed by atoms with E-state index in [0.717, 1.165) is 15.8 Å². The SMILES string of the molecule is Cc1cc(C(Cl)C2CCC(C(C)(C)C)CC2)sc1Cl. The van der Waals surface area contributed by atoms with Gasteiger partial charge >= 0.3 is 0 Å². The molecule has 0 bridgehead atoms. The van der Waals surface area contributed by atoms with Crippen molar-refractivity contribution < 1.29 is 0 Å². The predicted molar refractivity (Wildman–Crippen MR) is 87.6 cm³/mol. The summed E-state index contributed by atoms with van der Waals surface area (Å²) in [5, 5.41) is 0.150.